The number of amides is 2. The number of hydrogen-bond donors (Lipinski definition) is 2. The van der Waals surface area contributed by atoms with E-state index in [1.807, 2.05) is 18.2 Å². The average Bonchev–Trinajstić information content (AvgIpc) is 2.85. The molecule has 1 aromatic heterocycles. The Kier molecular flexibility index (Phi) is 5.49. The summed E-state index contributed by atoms with van der Waals surface area (Å²) in [5, 5.41) is 9.08. The maximum absolute atomic E-state index is 11.5. The van der Waals surface area contributed by atoms with E-state index in [2.05, 4.69) is 27.9 Å². The summed E-state index contributed by atoms with van der Waals surface area (Å²) >= 11 is 1.78. The van der Waals surface area contributed by atoms with E-state index >= 15 is 0 Å². The molecule has 0 bridgehead atoms. The van der Waals surface area contributed by atoms with Gasteiger partial charge in [-0.05, 0) is 31.2 Å². The fourth-order valence-corrected chi connectivity index (χ4v) is 2.44. The van der Waals surface area contributed by atoms with E-state index in [-0.39, 0.29) is 6.03 Å². The fraction of sp³-hybridized carbons (Fsp3) is 0.286. The van der Waals surface area contributed by atoms with Crippen LogP contribution < -0.4 is 10.6 Å². The van der Waals surface area contributed by atoms with E-state index in [1.54, 1.807) is 24.8 Å². The molecule has 0 aliphatic heterocycles. The van der Waals surface area contributed by atoms with Crippen molar-refractivity contribution in [2.24, 2.45) is 0 Å². The van der Waals surface area contributed by atoms with E-state index in [0.29, 0.717) is 18.1 Å². The number of anilines is 1. The van der Waals surface area contributed by atoms with E-state index in [4.69, 9.17) is 4.52 Å². The highest BCUT2D eigenvalue weighted by Gasteiger charge is 2.04. The van der Waals surface area contributed by atoms with Gasteiger partial charge in [0.05, 0.1) is 0 Å². The predicted molar refractivity (Wildman–Crippen MR) is 80.0 cm³/mol. The van der Waals surface area contributed by atoms with Gasteiger partial charge in [-0.25, -0.2) is 4.79 Å². The Labute approximate surface area is 122 Å². The summed E-state index contributed by atoms with van der Waals surface area (Å²) in [6.07, 6.45) is 0.908. The molecule has 2 N–H and O–H groups in total. The highest BCUT2D eigenvalue weighted by molar-refractivity contribution is 7.99. The first kappa shape index (κ1) is 14.5. The third-order valence-electron chi connectivity index (χ3n) is 2.49. The van der Waals surface area contributed by atoms with Crippen LogP contribution in [-0.4, -0.2) is 23.5 Å². The van der Waals surface area contributed by atoms with Gasteiger partial charge in [-0.15, -0.1) is 11.8 Å². The van der Waals surface area contributed by atoms with Crippen LogP contribution in [-0.2, 0) is 0 Å². The summed E-state index contributed by atoms with van der Waals surface area (Å²) < 4.78 is 4.86. The largest absolute Gasteiger partial charge is 0.360 e. The van der Waals surface area contributed by atoms with Crippen LogP contribution >= 0.6 is 11.8 Å². The lowest BCUT2D eigenvalue weighted by Gasteiger charge is -2.05. The van der Waals surface area contributed by atoms with Crippen molar-refractivity contribution in [3.05, 3.63) is 42.2 Å². The number of benzene rings is 1. The Morgan fingerprint density at radius 2 is 2.15 bits per heavy atom. The number of thioether (sulfide) groups is 1. The standard InChI is InChI=1S/C14H17N3O2S/c1-11-10-13(17-19-11)16-14(18)15-8-5-9-20-12-6-3-2-4-7-12/h2-4,6-7,10H,5,8-9H2,1H3,(H2,15,16,17,18). The maximum atomic E-state index is 11.5. The van der Waals surface area contributed by atoms with Crippen LogP contribution in [0.4, 0.5) is 10.6 Å². The third kappa shape index (κ3) is 4.97. The topological polar surface area (TPSA) is 67.2 Å². The van der Waals surface area contributed by atoms with Gasteiger partial charge in [-0.1, -0.05) is 23.4 Å². The summed E-state index contributed by atoms with van der Waals surface area (Å²) in [5.41, 5.74) is 0. The Balaban J connectivity index is 1.58. The molecule has 0 aliphatic carbocycles. The number of aromatic nitrogens is 1. The van der Waals surface area contributed by atoms with Crippen LogP contribution in [0, 0.1) is 6.92 Å². The summed E-state index contributed by atoms with van der Waals surface area (Å²) in [6.45, 7) is 2.40. The van der Waals surface area contributed by atoms with E-state index in [1.165, 1.54) is 4.90 Å². The molecule has 20 heavy (non-hydrogen) atoms. The van der Waals surface area contributed by atoms with Gasteiger partial charge in [0.25, 0.3) is 0 Å². The molecule has 5 nitrogen and oxygen atoms in total. The fourth-order valence-electron chi connectivity index (χ4n) is 1.57. The van der Waals surface area contributed by atoms with Crippen LogP contribution in [0.1, 0.15) is 12.2 Å². The van der Waals surface area contributed by atoms with Gasteiger partial charge in [0.15, 0.2) is 5.82 Å². The molecule has 0 aliphatic rings. The molecule has 1 aromatic carbocycles. The normalized spacial score (nSPS) is 10.2. The molecule has 0 fully saturated rings. The number of carbonyl (C=O) groups excluding carboxylic acids is 1. The summed E-state index contributed by atoms with van der Waals surface area (Å²) in [4.78, 5) is 12.8. The number of rotatable bonds is 6. The lowest BCUT2D eigenvalue weighted by atomic mass is 10.4. The summed E-state index contributed by atoms with van der Waals surface area (Å²) in [6, 6.07) is 11.6. The zero-order chi connectivity index (χ0) is 14.2. The van der Waals surface area contributed by atoms with Crippen LogP contribution in [0.3, 0.4) is 0 Å². The third-order valence-corrected chi connectivity index (χ3v) is 3.59. The van der Waals surface area contributed by atoms with E-state index in [9.17, 15) is 4.79 Å². The number of hydrogen-bond acceptors (Lipinski definition) is 4. The van der Waals surface area contributed by atoms with Gasteiger partial charge in [-0.2, -0.15) is 0 Å². The number of nitrogens with one attached hydrogen (secondary N) is 2. The molecule has 0 atom stereocenters. The summed E-state index contributed by atoms with van der Waals surface area (Å²) in [5.74, 6) is 2.06. The maximum Gasteiger partial charge on any atom is 0.320 e. The van der Waals surface area contributed by atoms with Crippen LogP contribution in [0.15, 0.2) is 45.8 Å². The highest BCUT2D eigenvalue weighted by Crippen LogP contribution is 2.17. The van der Waals surface area contributed by atoms with Gasteiger partial charge in [0.1, 0.15) is 5.76 Å². The van der Waals surface area contributed by atoms with Gasteiger partial charge >= 0.3 is 6.03 Å². The van der Waals surface area contributed by atoms with Crippen LogP contribution in [0.25, 0.3) is 0 Å². The quantitative estimate of drug-likeness (QED) is 0.633. The lowest BCUT2D eigenvalue weighted by Crippen LogP contribution is -2.29. The lowest BCUT2D eigenvalue weighted by molar-refractivity contribution is 0.252. The molecule has 0 saturated carbocycles. The Morgan fingerprint density at radius 1 is 1.35 bits per heavy atom. The Hall–Kier alpha value is -1.95. The molecule has 1 heterocycles. The first-order chi connectivity index (χ1) is 9.74. The minimum Gasteiger partial charge on any atom is -0.360 e. The smallest absolute Gasteiger partial charge is 0.320 e. The molecule has 0 saturated heterocycles. The summed E-state index contributed by atoms with van der Waals surface area (Å²) in [7, 11) is 0. The van der Waals surface area contributed by atoms with Crippen molar-refractivity contribution in [2.45, 2.75) is 18.2 Å². The molecular formula is C14H17N3O2S. The van der Waals surface area contributed by atoms with Crippen molar-refractivity contribution in [3.63, 3.8) is 0 Å². The zero-order valence-corrected chi connectivity index (χ0v) is 12.1. The van der Waals surface area contributed by atoms with Gasteiger partial charge < -0.3 is 9.84 Å². The first-order valence-electron chi connectivity index (χ1n) is 6.40. The Bertz CT molecular complexity index is 542. The second kappa shape index (κ2) is 7.59. The van der Waals surface area contributed by atoms with Crippen molar-refractivity contribution < 1.29 is 9.32 Å². The number of urea groups is 1. The second-order valence-electron chi connectivity index (χ2n) is 4.22. The molecule has 2 amide bonds. The van der Waals surface area contributed by atoms with Gasteiger partial charge in [0.2, 0.25) is 0 Å². The predicted octanol–water partition coefficient (Wildman–Crippen LogP) is 3.29. The number of aryl methyl sites for hydroxylation is 1. The second-order valence-corrected chi connectivity index (χ2v) is 5.39. The molecule has 0 unspecified atom stereocenters. The molecular weight excluding hydrogens is 274 g/mol. The monoisotopic (exact) mass is 291 g/mol. The molecule has 2 rings (SSSR count). The minimum atomic E-state index is -0.261. The molecule has 2 aromatic rings. The minimum absolute atomic E-state index is 0.261. The number of carbonyl (C=O) groups is 1. The van der Waals surface area contributed by atoms with Crippen molar-refractivity contribution in [3.8, 4) is 0 Å². The van der Waals surface area contributed by atoms with Crippen molar-refractivity contribution >= 4 is 23.6 Å². The number of nitrogens with zero attached hydrogens (tertiary/aromatic N) is 1. The van der Waals surface area contributed by atoms with Gasteiger partial charge in [0, 0.05) is 17.5 Å². The van der Waals surface area contributed by atoms with Crippen molar-refractivity contribution in [1.82, 2.24) is 10.5 Å². The van der Waals surface area contributed by atoms with E-state index < -0.39 is 0 Å². The van der Waals surface area contributed by atoms with Crippen LogP contribution in [0.2, 0.25) is 0 Å². The molecule has 0 radical (unpaired) electrons. The average molecular weight is 291 g/mol. The van der Waals surface area contributed by atoms with E-state index in [0.717, 1.165) is 12.2 Å². The molecule has 0 spiro atoms. The Morgan fingerprint density at radius 3 is 2.85 bits per heavy atom. The first-order valence-corrected chi connectivity index (χ1v) is 7.38. The molecule has 6 heteroatoms. The highest BCUT2D eigenvalue weighted by atomic mass is 32.2. The van der Waals surface area contributed by atoms with Crippen molar-refractivity contribution in [1.29, 1.82) is 0 Å². The molecule has 106 valence electrons. The van der Waals surface area contributed by atoms with Gasteiger partial charge in [-0.3, -0.25) is 5.32 Å². The SMILES string of the molecule is Cc1cc(NC(=O)NCCCSc2ccccc2)no1. The zero-order valence-electron chi connectivity index (χ0n) is 11.3. The van der Waals surface area contributed by atoms with Crippen LogP contribution in [0.5, 0.6) is 0 Å². The van der Waals surface area contributed by atoms with Crippen molar-refractivity contribution in [2.75, 3.05) is 17.6 Å².